The summed E-state index contributed by atoms with van der Waals surface area (Å²) in [6.07, 6.45) is 5.16. The fourth-order valence-electron chi connectivity index (χ4n) is 3.17. The zero-order valence-electron chi connectivity index (χ0n) is 10.4. The second kappa shape index (κ2) is 4.06. The second-order valence-corrected chi connectivity index (χ2v) is 5.65. The molecule has 2 nitrogen and oxygen atoms in total. The molecule has 1 aliphatic heterocycles. The molecule has 15 heavy (non-hydrogen) atoms. The van der Waals surface area contributed by atoms with Crippen molar-refractivity contribution in [3.8, 4) is 0 Å². The van der Waals surface area contributed by atoms with Crippen LogP contribution in [-0.4, -0.2) is 25.3 Å². The van der Waals surface area contributed by atoms with Gasteiger partial charge in [-0.1, -0.05) is 13.8 Å². The first-order valence-electron chi connectivity index (χ1n) is 6.49. The summed E-state index contributed by atoms with van der Waals surface area (Å²) in [6, 6.07) is 0. The molecular formula is C13H25NO. The summed E-state index contributed by atoms with van der Waals surface area (Å²) in [7, 11) is 0. The Labute approximate surface area is 93.8 Å². The molecule has 0 aromatic carbocycles. The van der Waals surface area contributed by atoms with E-state index >= 15 is 0 Å². The minimum absolute atomic E-state index is 0.166. The van der Waals surface area contributed by atoms with E-state index in [-0.39, 0.29) is 5.60 Å². The van der Waals surface area contributed by atoms with Gasteiger partial charge in [-0.2, -0.15) is 0 Å². The third-order valence-corrected chi connectivity index (χ3v) is 4.52. The van der Waals surface area contributed by atoms with Gasteiger partial charge in [0, 0.05) is 6.61 Å². The predicted octanol–water partition coefficient (Wildman–Crippen LogP) is 2.58. The number of hydrogen-bond donors (Lipinski definition) is 1. The highest BCUT2D eigenvalue weighted by atomic mass is 16.5. The monoisotopic (exact) mass is 211 g/mol. The Bertz CT molecular complexity index is 231. The molecule has 0 amide bonds. The quantitative estimate of drug-likeness (QED) is 0.771. The van der Waals surface area contributed by atoms with Gasteiger partial charge in [0.15, 0.2) is 0 Å². The summed E-state index contributed by atoms with van der Waals surface area (Å²) in [6.45, 7) is 10.0. The average molecular weight is 211 g/mol. The fraction of sp³-hybridized carbons (Fsp3) is 1.00. The van der Waals surface area contributed by atoms with Crippen LogP contribution in [0.25, 0.3) is 0 Å². The third-order valence-electron chi connectivity index (χ3n) is 4.52. The number of rotatable bonds is 4. The fourth-order valence-corrected chi connectivity index (χ4v) is 3.17. The van der Waals surface area contributed by atoms with Crippen molar-refractivity contribution in [1.82, 2.24) is 5.32 Å². The first-order valence-corrected chi connectivity index (χ1v) is 6.49. The van der Waals surface area contributed by atoms with Crippen LogP contribution in [0.1, 0.15) is 46.5 Å². The van der Waals surface area contributed by atoms with Gasteiger partial charge in [0.1, 0.15) is 0 Å². The van der Waals surface area contributed by atoms with Crippen LogP contribution in [0.15, 0.2) is 0 Å². The van der Waals surface area contributed by atoms with Crippen molar-refractivity contribution in [2.75, 3.05) is 19.7 Å². The van der Waals surface area contributed by atoms with Crippen LogP contribution >= 0.6 is 0 Å². The average Bonchev–Trinajstić information content (AvgIpc) is 2.87. The van der Waals surface area contributed by atoms with Crippen molar-refractivity contribution in [2.24, 2.45) is 11.3 Å². The van der Waals surface area contributed by atoms with Crippen molar-refractivity contribution < 1.29 is 4.74 Å². The highest BCUT2D eigenvalue weighted by Gasteiger charge is 2.57. The lowest BCUT2D eigenvalue weighted by molar-refractivity contribution is -0.0962. The van der Waals surface area contributed by atoms with E-state index in [1.165, 1.54) is 25.8 Å². The number of nitrogens with one attached hydrogen (secondary N) is 1. The molecule has 0 bridgehead atoms. The molecule has 1 saturated heterocycles. The molecule has 1 N–H and O–H groups in total. The van der Waals surface area contributed by atoms with E-state index in [0.717, 1.165) is 25.5 Å². The van der Waals surface area contributed by atoms with Crippen molar-refractivity contribution in [3.63, 3.8) is 0 Å². The molecule has 2 rings (SSSR count). The third kappa shape index (κ3) is 2.21. The predicted molar refractivity (Wildman–Crippen MR) is 63.0 cm³/mol. The summed E-state index contributed by atoms with van der Waals surface area (Å²) in [5.41, 5.74) is 0.810. The van der Waals surface area contributed by atoms with Crippen LogP contribution in [0.2, 0.25) is 0 Å². The summed E-state index contributed by atoms with van der Waals surface area (Å²) in [5, 5.41) is 3.49. The van der Waals surface area contributed by atoms with Crippen LogP contribution in [-0.2, 0) is 4.74 Å². The van der Waals surface area contributed by atoms with Crippen LogP contribution in [0.5, 0.6) is 0 Å². The van der Waals surface area contributed by atoms with Crippen molar-refractivity contribution in [1.29, 1.82) is 0 Å². The highest BCUT2D eigenvalue weighted by molar-refractivity contribution is 5.07. The molecule has 3 atom stereocenters. The van der Waals surface area contributed by atoms with Gasteiger partial charge in [-0.25, -0.2) is 0 Å². The normalized spacial score (nSPS) is 44.6. The maximum absolute atomic E-state index is 5.92. The summed E-state index contributed by atoms with van der Waals surface area (Å²) in [5.74, 6) is 0.923. The molecule has 1 spiro atoms. The lowest BCUT2D eigenvalue weighted by Crippen LogP contribution is -2.38. The van der Waals surface area contributed by atoms with Crippen molar-refractivity contribution >= 4 is 0 Å². The Morgan fingerprint density at radius 2 is 2.20 bits per heavy atom. The molecule has 88 valence electrons. The Morgan fingerprint density at radius 3 is 2.87 bits per heavy atom. The van der Waals surface area contributed by atoms with E-state index in [1.54, 1.807) is 0 Å². The topological polar surface area (TPSA) is 21.3 Å². The van der Waals surface area contributed by atoms with E-state index in [2.05, 4.69) is 26.1 Å². The second-order valence-electron chi connectivity index (χ2n) is 5.65. The van der Waals surface area contributed by atoms with Gasteiger partial charge in [0.2, 0.25) is 0 Å². The number of ether oxygens (including phenoxy) is 1. The molecule has 0 aromatic heterocycles. The minimum Gasteiger partial charge on any atom is -0.375 e. The zero-order chi connectivity index (χ0) is 10.9. The summed E-state index contributed by atoms with van der Waals surface area (Å²) < 4.78 is 5.92. The Hall–Kier alpha value is -0.0800. The molecule has 1 heterocycles. The van der Waals surface area contributed by atoms with E-state index in [4.69, 9.17) is 4.74 Å². The van der Waals surface area contributed by atoms with Gasteiger partial charge in [0.25, 0.3) is 0 Å². The van der Waals surface area contributed by atoms with Gasteiger partial charge in [0.05, 0.1) is 5.60 Å². The first kappa shape index (κ1) is 11.4. The Balaban J connectivity index is 1.89. The maximum atomic E-state index is 5.92. The van der Waals surface area contributed by atoms with E-state index in [1.807, 2.05) is 0 Å². The van der Waals surface area contributed by atoms with Crippen molar-refractivity contribution in [2.45, 2.75) is 52.1 Å². The molecule has 2 heteroatoms. The van der Waals surface area contributed by atoms with Gasteiger partial charge in [-0.3, -0.25) is 0 Å². The van der Waals surface area contributed by atoms with Crippen LogP contribution in [0.3, 0.4) is 0 Å². The molecule has 2 aliphatic rings. The van der Waals surface area contributed by atoms with E-state index in [9.17, 15) is 0 Å². The minimum atomic E-state index is 0.166. The lowest BCUT2D eigenvalue weighted by atomic mass is 9.81. The molecule has 2 fully saturated rings. The smallest absolute Gasteiger partial charge is 0.0657 e. The maximum Gasteiger partial charge on any atom is 0.0657 e. The van der Waals surface area contributed by atoms with Crippen molar-refractivity contribution in [3.05, 3.63) is 0 Å². The highest BCUT2D eigenvalue weighted by Crippen LogP contribution is 2.62. The van der Waals surface area contributed by atoms with Gasteiger partial charge >= 0.3 is 0 Å². The van der Waals surface area contributed by atoms with Gasteiger partial charge in [-0.05, 0) is 57.0 Å². The first-order chi connectivity index (χ1) is 7.14. The summed E-state index contributed by atoms with van der Waals surface area (Å²) >= 11 is 0. The van der Waals surface area contributed by atoms with Gasteiger partial charge < -0.3 is 10.1 Å². The van der Waals surface area contributed by atoms with E-state index in [0.29, 0.717) is 5.41 Å². The Morgan fingerprint density at radius 1 is 1.40 bits per heavy atom. The van der Waals surface area contributed by atoms with Crippen LogP contribution < -0.4 is 5.32 Å². The summed E-state index contributed by atoms with van der Waals surface area (Å²) in [4.78, 5) is 0. The largest absolute Gasteiger partial charge is 0.375 e. The SMILES string of the molecule is CCNCC1CC12CCOC(C)(CC)C2. The molecule has 1 saturated carbocycles. The lowest BCUT2D eigenvalue weighted by Gasteiger charge is -2.39. The molecule has 1 aliphatic carbocycles. The Kier molecular flexibility index (Phi) is 3.09. The van der Waals surface area contributed by atoms with E-state index < -0.39 is 0 Å². The molecular weight excluding hydrogens is 186 g/mol. The molecule has 3 unspecified atom stereocenters. The standard InChI is InChI=1S/C13H25NO/c1-4-12(3)10-13(6-7-15-12)8-11(13)9-14-5-2/h11,14H,4-10H2,1-3H3. The van der Waals surface area contributed by atoms with Crippen LogP contribution in [0, 0.1) is 11.3 Å². The van der Waals surface area contributed by atoms with Crippen LogP contribution in [0.4, 0.5) is 0 Å². The molecule has 0 aromatic rings. The van der Waals surface area contributed by atoms with Gasteiger partial charge in [-0.15, -0.1) is 0 Å². The number of hydrogen-bond acceptors (Lipinski definition) is 2. The molecule has 0 radical (unpaired) electrons. The zero-order valence-corrected chi connectivity index (χ0v) is 10.4.